The number of nitrogens with zero attached hydrogens (tertiary/aromatic N) is 1. The molecule has 2 aromatic rings. The lowest BCUT2D eigenvalue weighted by Crippen LogP contribution is -2.26. The molecule has 0 unspecified atom stereocenters. The van der Waals surface area contributed by atoms with Crippen LogP contribution >= 0.6 is 11.3 Å². The molecule has 0 aromatic carbocycles. The van der Waals surface area contributed by atoms with Gasteiger partial charge in [-0.3, -0.25) is 4.79 Å². The van der Waals surface area contributed by atoms with E-state index in [-0.39, 0.29) is 5.91 Å². The van der Waals surface area contributed by atoms with Crippen molar-refractivity contribution in [1.82, 2.24) is 10.3 Å². The van der Waals surface area contributed by atoms with E-state index in [2.05, 4.69) is 16.4 Å². The molecule has 2 heterocycles. The topological polar surface area (TPSA) is 55.1 Å². The highest BCUT2D eigenvalue weighted by Crippen LogP contribution is 2.25. The number of carbonyl (C=O) groups is 1. The molecule has 0 spiro atoms. The molecule has 2 aromatic heterocycles. The third kappa shape index (κ3) is 4.55. The fourth-order valence-corrected chi connectivity index (χ4v) is 3.55. The fourth-order valence-electron chi connectivity index (χ4n) is 2.77. The first-order valence-electron chi connectivity index (χ1n) is 8.16. The largest absolute Gasteiger partial charge is 0.459 e. The number of hydrogen-bond donors (Lipinski definition) is 1. The summed E-state index contributed by atoms with van der Waals surface area (Å²) in [6, 6.07) is 3.83. The van der Waals surface area contributed by atoms with Crippen LogP contribution in [0, 0.1) is 6.92 Å². The van der Waals surface area contributed by atoms with Gasteiger partial charge in [-0.25, -0.2) is 4.98 Å². The summed E-state index contributed by atoms with van der Waals surface area (Å²) in [6.45, 7) is 2.63. The summed E-state index contributed by atoms with van der Waals surface area (Å²) in [6.07, 6.45) is 8.60. The van der Waals surface area contributed by atoms with Crippen LogP contribution < -0.4 is 5.32 Å². The van der Waals surface area contributed by atoms with Crippen molar-refractivity contribution >= 4 is 17.2 Å². The molecule has 3 rings (SSSR count). The minimum absolute atomic E-state index is 0.0360. The summed E-state index contributed by atoms with van der Waals surface area (Å²) >= 11 is 1.51. The number of allylic oxidation sites excluding steroid dienone is 1. The van der Waals surface area contributed by atoms with E-state index in [4.69, 9.17) is 4.42 Å². The van der Waals surface area contributed by atoms with E-state index < -0.39 is 0 Å². The quantitative estimate of drug-likeness (QED) is 0.805. The summed E-state index contributed by atoms with van der Waals surface area (Å²) in [5, 5.41) is 5.75. The minimum Gasteiger partial charge on any atom is -0.459 e. The van der Waals surface area contributed by atoms with Crippen molar-refractivity contribution in [2.24, 2.45) is 0 Å². The van der Waals surface area contributed by atoms with Crippen LogP contribution in [0.1, 0.15) is 43.6 Å². The molecule has 1 amide bonds. The van der Waals surface area contributed by atoms with Crippen LogP contribution in [-0.2, 0) is 11.2 Å². The summed E-state index contributed by atoms with van der Waals surface area (Å²) in [4.78, 5) is 16.5. The zero-order valence-corrected chi connectivity index (χ0v) is 14.2. The Balaban J connectivity index is 1.46. The number of furan rings is 1. The molecule has 4 nitrogen and oxygen atoms in total. The van der Waals surface area contributed by atoms with Crippen LogP contribution in [0.4, 0.5) is 0 Å². The Morgan fingerprint density at radius 2 is 2.30 bits per heavy atom. The Bertz CT molecular complexity index is 699. The van der Waals surface area contributed by atoms with Crippen LogP contribution in [0.15, 0.2) is 33.6 Å². The first kappa shape index (κ1) is 16.0. The van der Waals surface area contributed by atoms with Crippen molar-refractivity contribution in [3.05, 3.63) is 40.6 Å². The smallest absolute Gasteiger partial charge is 0.226 e. The van der Waals surface area contributed by atoms with E-state index in [1.807, 2.05) is 24.4 Å². The molecule has 0 radical (unpaired) electrons. The second-order valence-corrected chi connectivity index (χ2v) is 6.80. The highest BCUT2D eigenvalue weighted by atomic mass is 32.1. The van der Waals surface area contributed by atoms with Gasteiger partial charge in [-0.2, -0.15) is 0 Å². The van der Waals surface area contributed by atoms with E-state index in [1.54, 1.807) is 0 Å². The standard InChI is InChI=1S/C18H22N2O2S/c1-13-7-8-16(22-13)18-20-15(12-23-18)11-17(21)19-10-9-14-5-3-2-4-6-14/h5,7-8,12H,2-4,6,9-11H2,1H3,(H,19,21). The molecule has 1 N–H and O–H groups in total. The molecule has 0 saturated carbocycles. The Morgan fingerprint density at radius 3 is 3.04 bits per heavy atom. The van der Waals surface area contributed by atoms with E-state index in [9.17, 15) is 4.79 Å². The maximum absolute atomic E-state index is 12.0. The Kier molecular flexibility index (Phi) is 5.28. The average molecular weight is 330 g/mol. The van der Waals surface area contributed by atoms with Crippen molar-refractivity contribution in [3.63, 3.8) is 0 Å². The van der Waals surface area contributed by atoms with Crippen LogP contribution in [-0.4, -0.2) is 17.4 Å². The molecule has 0 saturated heterocycles. The van der Waals surface area contributed by atoms with E-state index in [0.29, 0.717) is 6.42 Å². The number of nitrogens with one attached hydrogen (secondary N) is 1. The Hall–Kier alpha value is -1.88. The van der Waals surface area contributed by atoms with E-state index in [1.165, 1.54) is 42.6 Å². The first-order chi connectivity index (χ1) is 11.2. The lowest BCUT2D eigenvalue weighted by Gasteiger charge is -2.12. The number of hydrogen-bond acceptors (Lipinski definition) is 4. The average Bonchev–Trinajstić information content (AvgIpc) is 3.17. The van der Waals surface area contributed by atoms with Gasteiger partial charge < -0.3 is 9.73 Å². The number of rotatable bonds is 6. The Labute approximate surface area is 140 Å². The van der Waals surface area contributed by atoms with Crippen LogP contribution in [0.2, 0.25) is 0 Å². The van der Waals surface area contributed by atoms with Crippen molar-refractivity contribution in [2.45, 2.75) is 45.4 Å². The third-order valence-corrected chi connectivity index (χ3v) is 4.90. The van der Waals surface area contributed by atoms with Crippen molar-refractivity contribution in [3.8, 4) is 10.8 Å². The van der Waals surface area contributed by atoms with Gasteiger partial charge in [-0.05, 0) is 51.2 Å². The molecule has 1 aliphatic carbocycles. The summed E-state index contributed by atoms with van der Waals surface area (Å²) in [7, 11) is 0. The molecular formula is C18H22N2O2S. The fraction of sp³-hybridized carbons (Fsp3) is 0.444. The second kappa shape index (κ2) is 7.59. The van der Waals surface area contributed by atoms with Crippen molar-refractivity contribution in [2.75, 3.05) is 6.54 Å². The lowest BCUT2D eigenvalue weighted by molar-refractivity contribution is -0.120. The predicted molar refractivity (Wildman–Crippen MR) is 92.4 cm³/mol. The SMILES string of the molecule is Cc1ccc(-c2nc(CC(=O)NCCC3=CCCCC3)cs2)o1. The van der Waals surface area contributed by atoms with Gasteiger partial charge in [0.2, 0.25) is 5.91 Å². The van der Waals surface area contributed by atoms with Gasteiger partial charge in [-0.15, -0.1) is 11.3 Å². The normalized spacial score (nSPS) is 14.6. The maximum Gasteiger partial charge on any atom is 0.226 e. The first-order valence-corrected chi connectivity index (χ1v) is 9.04. The van der Waals surface area contributed by atoms with E-state index in [0.717, 1.165) is 35.2 Å². The summed E-state index contributed by atoms with van der Waals surface area (Å²) in [5.74, 6) is 1.67. The molecule has 0 aliphatic heterocycles. The number of aryl methyl sites for hydroxylation is 1. The number of amides is 1. The van der Waals surface area contributed by atoms with Gasteiger partial charge in [0.15, 0.2) is 10.8 Å². The number of aromatic nitrogens is 1. The molecule has 0 bridgehead atoms. The summed E-state index contributed by atoms with van der Waals surface area (Å²) < 4.78 is 5.56. The molecule has 0 atom stereocenters. The zero-order valence-electron chi connectivity index (χ0n) is 13.4. The molecule has 23 heavy (non-hydrogen) atoms. The van der Waals surface area contributed by atoms with Crippen LogP contribution in [0.3, 0.4) is 0 Å². The molecule has 5 heteroatoms. The summed E-state index contributed by atoms with van der Waals surface area (Å²) in [5.41, 5.74) is 2.29. The number of carbonyl (C=O) groups excluding carboxylic acids is 1. The molecule has 1 aliphatic rings. The monoisotopic (exact) mass is 330 g/mol. The highest BCUT2D eigenvalue weighted by Gasteiger charge is 2.11. The Morgan fingerprint density at radius 1 is 1.39 bits per heavy atom. The van der Waals surface area contributed by atoms with E-state index >= 15 is 0 Å². The minimum atomic E-state index is 0.0360. The van der Waals surface area contributed by atoms with Crippen LogP contribution in [0.25, 0.3) is 10.8 Å². The van der Waals surface area contributed by atoms with Gasteiger partial charge in [0.1, 0.15) is 5.76 Å². The zero-order chi connectivity index (χ0) is 16.1. The van der Waals surface area contributed by atoms with Crippen molar-refractivity contribution in [1.29, 1.82) is 0 Å². The van der Waals surface area contributed by atoms with Gasteiger partial charge in [0, 0.05) is 11.9 Å². The third-order valence-electron chi connectivity index (χ3n) is 4.00. The van der Waals surface area contributed by atoms with Crippen LogP contribution in [0.5, 0.6) is 0 Å². The van der Waals surface area contributed by atoms with Gasteiger partial charge in [-0.1, -0.05) is 11.6 Å². The molecule has 122 valence electrons. The van der Waals surface area contributed by atoms with Crippen molar-refractivity contribution < 1.29 is 9.21 Å². The van der Waals surface area contributed by atoms with Gasteiger partial charge >= 0.3 is 0 Å². The molecular weight excluding hydrogens is 308 g/mol. The lowest BCUT2D eigenvalue weighted by atomic mass is 9.97. The van der Waals surface area contributed by atoms with Gasteiger partial charge in [0.25, 0.3) is 0 Å². The van der Waals surface area contributed by atoms with Gasteiger partial charge in [0.05, 0.1) is 12.1 Å². The predicted octanol–water partition coefficient (Wildman–Crippen LogP) is 4.26. The molecule has 0 fully saturated rings. The maximum atomic E-state index is 12.0. The second-order valence-electron chi connectivity index (χ2n) is 5.94. The highest BCUT2D eigenvalue weighted by molar-refractivity contribution is 7.13. The number of thiazole rings is 1.